The van der Waals surface area contributed by atoms with Crippen molar-refractivity contribution in [2.24, 2.45) is 0 Å². The molecule has 0 unspecified atom stereocenters. The molecule has 102 valence electrons. The van der Waals surface area contributed by atoms with Crippen molar-refractivity contribution in [1.82, 2.24) is 4.98 Å². The van der Waals surface area contributed by atoms with E-state index in [1.807, 2.05) is 43.6 Å². The van der Waals surface area contributed by atoms with Gasteiger partial charge in [0.05, 0.1) is 23.9 Å². The molecule has 2 rings (SSSR count). The summed E-state index contributed by atoms with van der Waals surface area (Å²) < 4.78 is 5.81. The van der Waals surface area contributed by atoms with Crippen LogP contribution < -0.4 is 4.74 Å². The minimum Gasteiger partial charge on any atom is -0.493 e. The van der Waals surface area contributed by atoms with Crippen LogP contribution in [0.3, 0.4) is 0 Å². The molecule has 3 nitrogen and oxygen atoms in total. The molecule has 1 heterocycles. The number of aliphatic hydroxyl groups excluding tert-OH is 1. The van der Waals surface area contributed by atoms with Crippen molar-refractivity contribution in [3.8, 4) is 5.75 Å². The van der Waals surface area contributed by atoms with Gasteiger partial charge >= 0.3 is 0 Å². The van der Waals surface area contributed by atoms with E-state index < -0.39 is 6.10 Å². The summed E-state index contributed by atoms with van der Waals surface area (Å²) >= 11 is 1.66. The second-order valence-electron chi connectivity index (χ2n) is 4.42. The molecule has 0 aliphatic heterocycles. The van der Waals surface area contributed by atoms with Crippen molar-refractivity contribution in [1.29, 1.82) is 0 Å². The van der Waals surface area contributed by atoms with Crippen molar-refractivity contribution in [3.05, 3.63) is 45.9 Å². The minimum atomic E-state index is -0.457. The Labute approximate surface area is 117 Å². The van der Waals surface area contributed by atoms with E-state index in [1.54, 1.807) is 11.3 Å². The number of aliphatic hydroxyl groups is 1. The number of benzene rings is 1. The highest BCUT2D eigenvalue weighted by Gasteiger charge is 2.11. The van der Waals surface area contributed by atoms with Crippen molar-refractivity contribution >= 4 is 11.3 Å². The van der Waals surface area contributed by atoms with Crippen LogP contribution in [0, 0.1) is 6.92 Å². The van der Waals surface area contributed by atoms with Crippen LogP contribution in [0.2, 0.25) is 0 Å². The first-order valence-corrected chi connectivity index (χ1v) is 7.39. The quantitative estimate of drug-likeness (QED) is 0.878. The molecule has 19 heavy (non-hydrogen) atoms. The number of hydrogen-bond acceptors (Lipinski definition) is 4. The topological polar surface area (TPSA) is 42.4 Å². The molecule has 4 heteroatoms. The average molecular weight is 277 g/mol. The maximum absolute atomic E-state index is 9.95. The molecule has 0 spiro atoms. The van der Waals surface area contributed by atoms with Gasteiger partial charge in [-0.3, -0.25) is 0 Å². The lowest BCUT2D eigenvalue weighted by molar-refractivity contribution is 0.167. The van der Waals surface area contributed by atoms with E-state index >= 15 is 0 Å². The molecule has 0 saturated carbocycles. The summed E-state index contributed by atoms with van der Waals surface area (Å²) in [5.74, 6) is 0.777. The molecule has 0 aliphatic rings. The molecular weight excluding hydrogens is 258 g/mol. The number of thiazole rings is 1. The van der Waals surface area contributed by atoms with E-state index in [0.29, 0.717) is 13.0 Å². The number of ether oxygens (including phenoxy) is 1. The molecule has 0 fully saturated rings. The summed E-state index contributed by atoms with van der Waals surface area (Å²) in [5.41, 5.74) is 3.81. The predicted octanol–water partition coefficient (Wildman–Crippen LogP) is 3.52. The molecule has 0 saturated heterocycles. The summed E-state index contributed by atoms with van der Waals surface area (Å²) in [7, 11) is 0. The largest absolute Gasteiger partial charge is 0.493 e. The molecule has 0 radical (unpaired) electrons. The average Bonchev–Trinajstić information content (AvgIpc) is 2.84. The lowest BCUT2D eigenvalue weighted by Crippen LogP contribution is -2.05. The summed E-state index contributed by atoms with van der Waals surface area (Å²) in [6, 6.07) is 7.68. The smallest absolute Gasteiger partial charge is 0.125 e. The Morgan fingerprint density at radius 1 is 1.37 bits per heavy atom. The van der Waals surface area contributed by atoms with Gasteiger partial charge in [0.2, 0.25) is 0 Å². The third-order valence-electron chi connectivity index (χ3n) is 3.10. The zero-order chi connectivity index (χ0) is 13.7. The van der Waals surface area contributed by atoms with Gasteiger partial charge in [-0.05, 0) is 19.4 Å². The second-order valence-corrected chi connectivity index (χ2v) is 5.36. The normalized spacial score (nSPS) is 12.4. The third kappa shape index (κ3) is 3.55. The van der Waals surface area contributed by atoms with Gasteiger partial charge in [0.25, 0.3) is 0 Å². The molecule has 1 N–H and O–H groups in total. The number of hydrogen-bond donors (Lipinski definition) is 1. The van der Waals surface area contributed by atoms with E-state index in [9.17, 15) is 5.11 Å². The highest BCUT2D eigenvalue weighted by Crippen LogP contribution is 2.27. The van der Waals surface area contributed by atoms with E-state index in [1.165, 1.54) is 4.88 Å². The van der Waals surface area contributed by atoms with E-state index in [0.717, 1.165) is 23.4 Å². The van der Waals surface area contributed by atoms with Crippen molar-refractivity contribution in [2.45, 2.75) is 32.8 Å². The summed E-state index contributed by atoms with van der Waals surface area (Å²) in [4.78, 5) is 5.48. The van der Waals surface area contributed by atoms with Gasteiger partial charge in [-0.2, -0.15) is 0 Å². The van der Waals surface area contributed by atoms with Crippen LogP contribution >= 0.6 is 11.3 Å². The molecule has 1 aromatic carbocycles. The molecule has 1 atom stereocenters. The van der Waals surface area contributed by atoms with Crippen LogP contribution in [-0.4, -0.2) is 16.7 Å². The highest BCUT2D eigenvalue weighted by atomic mass is 32.1. The fourth-order valence-corrected chi connectivity index (χ4v) is 2.69. The summed E-state index contributed by atoms with van der Waals surface area (Å²) in [5, 5.41) is 9.95. The second kappa shape index (κ2) is 6.68. The van der Waals surface area contributed by atoms with E-state index in [2.05, 4.69) is 4.98 Å². The zero-order valence-electron chi connectivity index (χ0n) is 11.3. The molecule has 0 bridgehead atoms. The van der Waals surface area contributed by atoms with Crippen LogP contribution in [0.15, 0.2) is 29.8 Å². The number of aromatic nitrogens is 1. The van der Waals surface area contributed by atoms with Crippen LogP contribution in [0.4, 0.5) is 0 Å². The zero-order valence-corrected chi connectivity index (χ0v) is 12.1. The number of aryl methyl sites for hydroxylation is 1. The van der Waals surface area contributed by atoms with E-state index in [-0.39, 0.29) is 0 Å². The lowest BCUT2D eigenvalue weighted by atomic mass is 10.1. The standard InChI is InChI=1S/C15H19NO2S/c1-3-13(17)12-6-4-5-7-14(12)18-9-8-15-11(2)16-10-19-15/h4-7,10,13,17H,3,8-9H2,1-2H3/t13-/m1/s1. The van der Waals surface area contributed by atoms with Gasteiger partial charge in [-0.25, -0.2) is 4.98 Å². The first-order valence-electron chi connectivity index (χ1n) is 6.51. The van der Waals surface area contributed by atoms with Crippen LogP contribution in [-0.2, 0) is 6.42 Å². The Morgan fingerprint density at radius 2 is 2.16 bits per heavy atom. The van der Waals surface area contributed by atoms with Crippen LogP contribution in [0.25, 0.3) is 0 Å². The Bertz CT molecular complexity index is 524. The Hall–Kier alpha value is -1.39. The first-order chi connectivity index (χ1) is 9.22. The number of rotatable bonds is 6. The maximum atomic E-state index is 9.95. The van der Waals surface area contributed by atoms with Crippen LogP contribution in [0.1, 0.15) is 35.6 Å². The monoisotopic (exact) mass is 277 g/mol. The maximum Gasteiger partial charge on any atom is 0.125 e. The van der Waals surface area contributed by atoms with Gasteiger partial charge in [-0.15, -0.1) is 11.3 Å². The fourth-order valence-electron chi connectivity index (χ4n) is 1.93. The number of nitrogens with zero attached hydrogens (tertiary/aromatic N) is 1. The summed E-state index contributed by atoms with van der Waals surface area (Å²) in [6.45, 7) is 4.58. The SMILES string of the molecule is CC[C@@H](O)c1ccccc1OCCc1scnc1C. The molecule has 2 aromatic rings. The third-order valence-corrected chi connectivity index (χ3v) is 4.09. The predicted molar refractivity (Wildman–Crippen MR) is 77.7 cm³/mol. The van der Waals surface area contributed by atoms with Gasteiger partial charge in [0.1, 0.15) is 5.75 Å². The molecular formula is C15H19NO2S. The summed E-state index contributed by atoms with van der Waals surface area (Å²) in [6.07, 6.45) is 1.09. The fraction of sp³-hybridized carbons (Fsp3) is 0.400. The van der Waals surface area contributed by atoms with Gasteiger partial charge in [0.15, 0.2) is 0 Å². The van der Waals surface area contributed by atoms with Gasteiger partial charge < -0.3 is 9.84 Å². The lowest BCUT2D eigenvalue weighted by Gasteiger charge is -2.14. The molecule has 1 aromatic heterocycles. The van der Waals surface area contributed by atoms with Crippen molar-refractivity contribution < 1.29 is 9.84 Å². The number of para-hydroxylation sites is 1. The van der Waals surface area contributed by atoms with Crippen LogP contribution in [0.5, 0.6) is 5.75 Å². The van der Waals surface area contributed by atoms with Gasteiger partial charge in [-0.1, -0.05) is 25.1 Å². The molecule has 0 aliphatic carbocycles. The van der Waals surface area contributed by atoms with Gasteiger partial charge in [0, 0.05) is 16.9 Å². The van der Waals surface area contributed by atoms with E-state index in [4.69, 9.17) is 4.74 Å². The Morgan fingerprint density at radius 3 is 2.84 bits per heavy atom. The Kier molecular flexibility index (Phi) is 4.93. The van der Waals surface area contributed by atoms with Crippen molar-refractivity contribution in [2.75, 3.05) is 6.61 Å². The Balaban J connectivity index is 1.98. The first kappa shape index (κ1) is 14.0. The highest BCUT2D eigenvalue weighted by molar-refractivity contribution is 7.09. The minimum absolute atomic E-state index is 0.457. The molecule has 0 amide bonds. The van der Waals surface area contributed by atoms with Crippen molar-refractivity contribution in [3.63, 3.8) is 0 Å².